The average Bonchev–Trinajstić information content (AvgIpc) is 2.57. The number of phenolic OH excluding ortho intramolecular Hbond substituents is 1. The van der Waals surface area contributed by atoms with Gasteiger partial charge in [0.2, 0.25) is 0 Å². The highest BCUT2D eigenvalue weighted by Crippen LogP contribution is 2.35. The van der Waals surface area contributed by atoms with E-state index >= 15 is 0 Å². The van der Waals surface area contributed by atoms with Crippen LogP contribution in [0.2, 0.25) is 0 Å². The zero-order chi connectivity index (χ0) is 17.1. The Bertz CT molecular complexity index is 883. The number of aromatic hydroxyl groups is 1. The molecule has 0 spiro atoms. The highest BCUT2D eigenvalue weighted by atomic mass is 79.9. The average molecular weight is 451 g/mol. The minimum atomic E-state index is -0.285. The van der Waals surface area contributed by atoms with E-state index in [1.807, 2.05) is 42.5 Å². The number of anilines is 1. The van der Waals surface area contributed by atoms with Crippen molar-refractivity contribution in [1.29, 1.82) is 0 Å². The molecule has 0 aliphatic carbocycles. The first-order valence-corrected chi connectivity index (χ1v) is 8.71. The molecule has 0 atom stereocenters. The number of amides is 1. The first-order chi connectivity index (χ1) is 11.5. The van der Waals surface area contributed by atoms with Gasteiger partial charge in [-0.2, -0.15) is 0 Å². The van der Waals surface area contributed by atoms with Crippen LogP contribution < -0.4 is 10.1 Å². The first-order valence-electron chi connectivity index (χ1n) is 7.13. The maximum absolute atomic E-state index is 12.1. The smallest absolute Gasteiger partial charge is 0.262 e. The van der Waals surface area contributed by atoms with E-state index in [9.17, 15) is 9.90 Å². The minimum absolute atomic E-state index is 0.0833. The van der Waals surface area contributed by atoms with Crippen molar-refractivity contribution in [3.8, 4) is 11.5 Å². The van der Waals surface area contributed by atoms with Crippen molar-refractivity contribution in [3.63, 3.8) is 0 Å². The molecule has 1 amide bonds. The van der Waals surface area contributed by atoms with Gasteiger partial charge in [0.05, 0.1) is 8.95 Å². The summed E-state index contributed by atoms with van der Waals surface area (Å²) in [7, 11) is 0. The fraction of sp³-hybridized carbons (Fsp3) is 0.0556. The number of benzene rings is 3. The minimum Gasteiger partial charge on any atom is -0.506 e. The SMILES string of the molecule is O=C(COc1cccc2ccccc12)Nc1cc(Br)c(O)c(Br)c1. The van der Waals surface area contributed by atoms with Crippen LogP contribution in [0.4, 0.5) is 5.69 Å². The van der Waals surface area contributed by atoms with Crippen LogP contribution in [0.5, 0.6) is 11.5 Å². The molecule has 0 aliphatic rings. The van der Waals surface area contributed by atoms with Crippen LogP contribution in [0.3, 0.4) is 0 Å². The van der Waals surface area contributed by atoms with Crippen LogP contribution >= 0.6 is 31.9 Å². The second kappa shape index (κ2) is 7.23. The predicted octanol–water partition coefficient (Wildman–Crippen LogP) is 5.09. The number of nitrogens with one attached hydrogen (secondary N) is 1. The zero-order valence-electron chi connectivity index (χ0n) is 12.4. The summed E-state index contributed by atoms with van der Waals surface area (Å²) in [6.45, 7) is -0.107. The highest BCUT2D eigenvalue weighted by molar-refractivity contribution is 9.11. The third-order valence-electron chi connectivity index (χ3n) is 3.41. The normalized spacial score (nSPS) is 10.6. The molecule has 0 bridgehead atoms. The molecule has 3 rings (SSSR count). The molecule has 122 valence electrons. The molecule has 0 saturated carbocycles. The molecule has 3 aromatic rings. The first kappa shape index (κ1) is 16.8. The number of halogens is 2. The second-order valence-corrected chi connectivity index (χ2v) is 6.81. The van der Waals surface area contributed by atoms with Crippen LogP contribution in [0.1, 0.15) is 0 Å². The summed E-state index contributed by atoms with van der Waals surface area (Å²) in [5.41, 5.74) is 0.554. The van der Waals surface area contributed by atoms with Crippen molar-refractivity contribution < 1.29 is 14.6 Å². The van der Waals surface area contributed by atoms with Gasteiger partial charge < -0.3 is 15.2 Å². The van der Waals surface area contributed by atoms with Crippen molar-refractivity contribution in [1.82, 2.24) is 0 Å². The predicted molar refractivity (Wildman–Crippen MR) is 102 cm³/mol. The number of hydrogen-bond acceptors (Lipinski definition) is 3. The van der Waals surface area contributed by atoms with Crippen LogP contribution in [0.25, 0.3) is 10.8 Å². The molecule has 0 heterocycles. The van der Waals surface area contributed by atoms with Crippen molar-refractivity contribution >= 4 is 54.2 Å². The molecule has 3 aromatic carbocycles. The summed E-state index contributed by atoms with van der Waals surface area (Å²) in [6, 6.07) is 16.8. The van der Waals surface area contributed by atoms with Crippen LogP contribution in [0.15, 0.2) is 63.5 Å². The van der Waals surface area contributed by atoms with Gasteiger partial charge in [0, 0.05) is 11.1 Å². The van der Waals surface area contributed by atoms with Crippen molar-refractivity contribution in [2.75, 3.05) is 11.9 Å². The molecule has 0 radical (unpaired) electrons. The van der Waals surface area contributed by atoms with Gasteiger partial charge >= 0.3 is 0 Å². The Morgan fingerprint density at radius 1 is 1.04 bits per heavy atom. The molecule has 0 aliphatic heterocycles. The van der Waals surface area contributed by atoms with Crippen LogP contribution in [0, 0.1) is 0 Å². The van der Waals surface area contributed by atoms with E-state index < -0.39 is 0 Å². The summed E-state index contributed by atoms with van der Waals surface area (Å²) in [5.74, 6) is 0.462. The van der Waals surface area contributed by atoms with Crippen LogP contribution in [-0.2, 0) is 4.79 Å². The molecule has 2 N–H and O–H groups in total. The van der Waals surface area contributed by atoms with E-state index in [0.717, 1.165) is 10.8 Å². The molecule has 0 saturated heterocycles. The molecule has 0 unspecified atom stereocenters. The lowest BCUT2D eigenvalue weighted by Gasteiger charge is -2.11. The second-order valence-electron chi connectivity index (χ2n) is 5.10. The van der Waals surface area contributed by atoms with Crippen molar-refractivity contribution in [2.45, 2.75) is 0 Å². The van der Waals surface area contributed by atoms with Gasteiger partial charge in [0.25, 0.3) is 5.91 Å². The van der Waals surface area contributed by atoms with E-state index in [2.05, 4.69) is 37.2 Å². The van der Waals surface area contributed by atoms with E-state index in [1.165, 1.54) is 0 Å². The Kier molecular flexibility index (Phi) is 5.06. The van der Waals surface area contributed by atoms with Crippen LogP contribution in [-0.4, -0.2) is 17.6 Å². The lowest BCUT2D eigenvalue weighted by atomic mass is 10.1. The molecule has 24 heavy (non-hydrogen) atoms. The fourth-order valence-corrected chi connectivity index (χ4v) is 3.49. The number of hydrogen-bond donors (Lipinski definition) is 2. The summed E-state index contributed by atoms with van der Waals surface area (Å²) >= 11 is 6.45. The molecule has 4 nitrogen and oxygen atoms in total. The topological polar surface area (TPSA) is 58.6 Å². The maximum atomic E-state index is 12.1. The zero-order valence-corrected chi connectivity index (χ0v) is 15.6. The Morgan fingerprint density at radius 3 is 2.46 bits per heavy atom. The van der Waals surface area contributed by atoms with Crippen molar-refractivity contribution in [3.05, 3.63) is 63.5 Å². The molecular weight excluding hydrogens is 438 g/mol. The highest BCUT2D eigenvalue weighted by Gasteiger charge is 2.10. The van der Waals surface area contributed by atoms with Gasteiger partial charge in [-0.05, 0) is 55.4 Å². The van der Waals surface area contributed by atoms with E-state index in [0.29, 0.717) is 20.4 Å². The number of rotatable bonds is 4. The standard InChI is InChI=1S/C18H13Br2NO3/c19-14-8-12(9-15(20)18(14)23)21-17(22)10-24-16-7-3-5-11-4-1-2-6-13(11)16/h1-9,23H,10H2,(H,21,22). The quantitative estimate of drug-likeness (QED) is 0.544. The third-order valence-corrected chi connectivity index (χ3v) is 4.62. The van der Waals surface area contributed by atoms with Crippen molar-refractivity contribution in [2.24, 2.45) is 0 Å². The molecule has 6 heteroatoms. The Balaban J connectivity index is 1.69. The summed E-state index contributed by atoms with van der Waals surface area (Å²) in [6.07, 6.45) is 0. The summed E-state index contributed by atoms with van der Waals surface area (Å²) in [5, 5.41) is 14.4. The van der Waals surface area contributed by atoms with E-state index in [1.54, 1.807) is 12.1 Å². The molecule has 0 fully saturated rings. The number of carbonyl (C=O) groups is 1. The monoisotopic (exact) mass is 449 g/mol. The third kappa shape index (κ3) is 3.71. The van der Waals surface area contributed by atoms with Gasteiger partial charge in [-0.15, -0.1) is 0 Å². The molecule has 0 aromatic heterocycles. The van der Waals surface area contributed by atoms with Gasteiger partial charge in [0.15, 0.2) is 6.61 Å². The Morgan fingerprint density at radius 2 is 1.71 bits per heavy atom. The van der Waals surface area contributed by atoms with Gasteiger partial charge in [0.1, 0.15) is 11.5 Å². The lowest BCUT2D eigenvalue weighted by Crippen LogP contribution is -2.20. The van der Waals surface area contributed by atoms with E-state index in [4.69, 9.17) is 4.74 Å². The number of phenols is 1. The maximum Gasteiger partial charge on any atom is 0.262 e. The number of fused-ring (bicyclic) bond motifs is 1. The summed E-state index contributed by atoms with van der Waals surface area (Å²) in [4.78, 5) is 12.1. The van der Waals surface area contributed by atoms with Gasteiger partial charge in [-0.1, -0.05) is 36.4 Å². The Hall–Kier alpha value is -2.05. The van der Waals surface area contributed by atoms with E-state index in [-0.39, 0.29) is 18.3 Å². The molecular formula is C18H13Br2NO3. The number of carbonyl (C=O) groups excluding carboxylic acids is 1. The fourth-order valence-electron chi connectivity index (χ4n) is 2.30. The lowest BCUT2D eigenvalue weighted by molar-refractivity contribution is -0.118. The van der Waals surface area contributed by atoms with Gasteiger partial charge in [-0.25, -0.2) is 0 Å². The summed E-state index contributed by atoms with van der Waals surface area (Å²) < 4.78 is 6.63. The Labute approximate surface area is 155 Å². The largest absolute Gasteiger partial charge is 0.506 e. The number of ether oxygens (including phenoxy) is 1. The van der Waals surface area contributed by atoms with Gasteiger partial charge in [-0.3, -0.25) is 4.79 Å².